The highest BCUT2D eigenvalue weighted by atomic mass is 16.5. The highest BCUT2D eigenvalue weighted by Gasteiger charge is 2.32. The molecular formula is C30H41N5O7. The van der Waals surface area contributed by atoms with Crippen LogP contribution in [0.15, 0.2) is 36.4 Å². The minimum atomic E-state index is -1.42. The third kappa shape index (κ3) is 8.11. The zero-order valence-electron chi connectivity index (χ0n) is 24.9. The summed E-state index contributed by atoms with van der Waals surface area (Å²) in [6.07, 6.45) is 2.33. The fourth-order valence-corrected chi connectivity index (χ4v) is 4.33. The molecule has 3 amide bonds. The molecule has 0 spiro atoms. The summed E-state index contributed by atoms with van der Waals surface area (Å²) >= 11 is 0. The maximum atomic E-state index is 13.1. The molecule has 2 aromatic rings. The summed E-state index contributed by atoms with van der Waals surface area (Å²) in [5, 5.41) is 27.0. The third-order valence-electron chi connectivity index (χ3n) is 7.37. The number of hydrazine groups is 1. The molecule has 5 atom stereocenters. The smallest absolute Gasteiger partial charge is 0.312 e. The number of amides is 3. The van der Waals surface area contributed by atoms with E-state index in [1.165, 1.54) is 19.0 Å². The first kappa shape index (κ1) is 32.6. The summed E-state index contributed by atoms with van der Waals surface area (Å²) in [6, 6.07) is 7.38. The van der Waals surface area contributed by atoms with Crippen LogP contribution in [0.1, 0.15) is 64.8 Å². The average molecular weight is 584 g/mol. The molecule has 0 bridgehead atoms. The van der Waals surface area contributed by atoms with Gasteiger partial charge in [0, 0.05) is 19.0 Å². The number of aliphatic carboxylic acids is 1. The van der Waals surface area contributed by atoms with Gasteiger partial charge in [-0.1, -0.05) is 30.4 Å². The Morgan fingerprint density at radius 1 is 1.14 bits per heavy atom. The number of nitrogens with one attached hydrogen (secondary N) is 3. The maximum Gasteiger partial charge on any atom is 0.312 e. The first-order chi connectivity index (χ1) is 19.7. The topological polar surface area (TPSA) is 170 Å². The molecule has 42 heavy (non-hydrogen) atoms. The van der Waals surface area contributed by atoms with Crippen LogP contribution in [0.3, 0.4) is 0 Å². The van der Waals surface area contributed by atoms with Gasteiger partial charge in [-0.05, 0) is 65.2 Å². The van der Waals surface area contributed by atoms with Gasteiger partial charge in [-0.3, -0.25) is 29.2 Å². The van der Waals surface area contributed by atoms with Crippen LogP contribution in [0.25, 0.3) is 17.0 Å². The molecule has 228 valence electrons. The van der Waals surface area contributed by atoms with E-state index in [1.54, 1.807) is 32.9 Å². The van der Waals surface area contributed by atoms with Crippen molar-refractivity contribution in [3.05, 3.63) is 47.7 Å². The predicted molar refractivity (Wildman–Crippen MR) is 157 cm³/mol. The average Bonchev–Trinajstić information content (AvgIpc) is 2.98. The van der Waals surface area contributed by atoms with E-state index in [-0.39, 0.29) is 5.91 Å². The van der Waals surface area contributed by atoms with Crippen LogP contribution in [-0.4, -0.2) is 81.8 Å². The number of hydrogen-bond donors (Lipinski definition) is 5. The van der Waals surface area contributed by atoms with Gasteiger partial charge in [0.2, 0.25) is 5.91 Å². The number of carbonyl (C=O) groups is 4. The first-order valence-corrected chi connectivity index (χ1v) is 14.0. The van der Waals surface area contributed by atoms with Crippen LogP contribution in [0.2, 0.25) is 0 Å². The van der Waals surface area contributed by atoms with Gasteiger partial charge in [-0.2, -0.15) is 0 Å². The summed E-state index contributed by atoms with van der Waals surface area (Å²) in [5.41, 5.74) is 4.11. The number of nitrogens with zero attached hydrogens (tertiary/aromatic N) is 2. The Kier molecular flexibility index (Phi) is 10.8. The van der Waals surface area contributed by atoms with Gasteiger partial charge in [0.25, 0.3) is 11.8 Å². The number of rotatable bonds is 11. The Morgan fingerprint density at radius 3 is 2.50 bits per heavy atom. The second kappa shape index (κ2) is 13.9. The molecule has 1 aliphatic rings. The number of ether oxygens (including phenoxy) is 1. The molecule has 1 fully saturated rings. The van der Waals surface area contributed by atoms with E-state index in [4.69, 9.17) is 9.72 Å². The number of aliphatic hydroxyl groups is 1. The van der Waals surface area contributed by atoms with E-state index in [2.05, 4.69) is 16.1 Å². The summed E-state index contributed by atoms with van der Waals surface area (Å²) in [7, 11) is 1.37. The number of benzene rings is 1. The summed E-state index contributed by atoms with van der Waals surface area (Å²) in [6.45, 7) is 8.48. The number of carboxylic acid groups (broad SMARTS) is 1. The van der Waals surface area contributed by atoms with Crippen molar-refractivity contribution in [2.24, 2.45) is 5.41 Å². The lowest BCUT2D eigenvalue weighted by molar-refractivity contribution is -0.146. The maximum absolute atomic E-state index is 13.1. The minimum absolute atomic E-state index is 0.296. The zero-order chi connectivity index (χ0) is 31.2. The van der Waals surface area contributed by atoms with Gasteiger partial charge in [0.1, 0.15) is 12.1 Å². The van der Waals surface area contributed by atoms with Crippen molar-refractivity contribution in [3.8, 4) is 0 Å². The molecule has 1 aromatic carbocycles. The summed E-state index contributed by atoms with van der Waals surface area (Å²) in [5.74, 6) is -2.37. The van der Waals surface area contributed by atoms with Crippen LogP contribution < -0.4 is 16.1 Å². The summed E-state index contributed by atoms with van der Waals surface area (Å²) < 4.78 is 4.96. The molecule has 1 saturated heterocycles. The van der Waals surface area contributed by atoms with Crippen molar-refractivity contribution >= 4 is 40.7 Å². The highest BCUT2D eigenvalue weighted by Crippen LogP contribution is 2.22. The number of carboxylic acids is 1. The van der Waals surface area contributed by atoms with E-state index in [0.29, 0.717) is 30.6 Å². The number of aliphatic hydroxyl groups excluding tert-OH is 1. The lowest BCUT2D eigenvalue weighted by atomic mass is 9.92. The van der Waals surface area contributed by atoms with Crippen LogP contribution in [0.4, 0.5) is 0 Å². The zero-order valence-corrected chi connectivity index (χ0v) is 24.9. The highest BCUT2D eigenvalue weighted by molar-refractivity contribution is 5.90. The monoisotopic (exact) mass is 583 g/mol. The summed E-state index contributed by atoms with van der Waals surface area (Å²) in [4.78, 5) is 54.4. The Labute approximate surface area is 245 Å². The number of aromatic nitrogens is 1. The van der Waals surface area contributed by atoms with Crippen molar-refractivity contribution in [2.45, 2.75) is 77.8 Å². The molecule has 0 unspecified atom stereocenters. The normalized spacial score (nSPS) is 18.7. The molecule has 0 radical (unpaired) electrons. The molecule has 0 aliphatic carbocycles. The molecule has 2 heterocycles. The Morgan fingerprint density at radius 2 is 1.83 bits per heavy atom. The largest absolute Gasteiger partial charge is 0.481 e. The van der Waals surface area contributed by atoms with Gasteiger partial charge in [-0.25, -0.2) is 5.43 Å². The number of methoxy groups -OCH3 is 1. The van der Waals surface area contributed by atoms with Crippen LogP contribution in [0, 0.1) is 5.41 Å². The fraction of sp³-hybridized carbons (Fsp3) is 0.500. The van der Waals surface area contributed by atoms with Crippen molar-refractivity contribution in [2.75, 3.05) is 13.7 Å². The Hall–Kier alpha value is -3.87. The standard InChI is InChI=1S/C30H41N5O7/c1-17(22-12-11-21-10-9-20(16-24(21)33-22)13-14-30(4,5)29(40)41)31-26(37)23-8-7-15-35(34-23)28(39)18(2)32-27(38)25(36)19(3)42-6/h9-14,16-19,23,25,34,36H,7-8,15H2,1-6H3,(H,31,37)(H,32,38)(H,40,41)/b14-13+/t17-,18+,19+,23+,25+/m1/s1. The number of carbonyl (C=O) groups excluding carboxylic acids is 3. The lowest BCUT2D eigenvalue weighted by Gasteiger charge is -2.35. The molecule has 12 nitrogen and oxygen atoms in total. The van der Waals surface area contributed by atoms with Crippen LogP contribution in [0.5, 0.6) is 0 Å². The van der Waals surface area contributed by atoms with Crippen molar-refractivity contribution in [1.29, 1.82) is 0 Å². The quantitative estimate of drug-likeness (QED) is 0.265. The van der Waals surface area contributed by atoms with Gasteiger partial charge < -0.3 is 25.6 Å². The van der Waals surface area contributed by atoms with E-state index >= 15 is 0 Å². The lowest BCUT2D eigenvalue weighted by Crippen LogP contribution is -2.61. The van der Waals surface area contributed by atoms with Gasteiger partial charge >= 0.3 is 5.97 Å². The minimum Gasteiger partial charge on any atom is -0.481 e. The van der Waals surface area contributed by atoms with Crippen LogP contribution >= 0.6 is 0 Å². The number of pyridine rings is 1. The number of fused-ring (bicyclic) bond motifs is 1. The van der Waals surface area contributed by atoms with Crippen molar-refractivity contribution < 1.29 is 34.1 Å². The van der Waals surface area contributed by atoms with Crippen molar-refractivity contribution in [3.63, 3.8) is 0 Å². The second-order valence-electron chi connectivity index (χ2n) is 11.2. The van der Waals surface area contributed by atoms with E-state index in [9.17, 15) is 29.4 Å². The predicted octanol–water partition coefficient (Wildman–Crippen LogP) is 1.93. The molecule has 0 saturated carbocycles. The SMILES string of the molecule is CO[C@@H](C)[C@H](O)C(=O)N[C@@H](C)C(=O)N1CCC[C@@H](C(=O)N[C@H](C)c2ccc3ccc(/C=C/C(C)(C)C(=O)O)cc3n2)N1. The second-order valence-corrected chi connectivity index (χ2v) is 11.2. The molecule has 1 aliphatic heterocycles. The fourth-order valence-electron chi connectivity index (χ4n) is 4.33. The first-order valence-electron chi connectivity index (χ1n) is 14.0. The van der Waals surface area contributed by atoms with Gasteiger partial charge in [-0.15, -0.1) is 0 Å². The Bertz CT molecular complexity index is 1340. The van der Waals surface area contributed by atoms with E-state index in [1.807, 2.05) is 37.3 Å². The van der Waals surface area contributed by atoms with Gasteiger partial charge in [0.15, 0.2) is 6.10 Å². The van der Waals surface area contributed by atoms with E-state index < -0.39 is 53.5 Å². The molecule has 1 aromatic heterocycles. The molecule has 12 heteroatoms. The molecule has 3 rings (SSSR count). The van der Waals surface area contributed by atoms with Crippen molar-refractivity contribution in [1.82, 2.24) is 26.1 Å². The Balaban J connectivity index is 1.63. The number of hydrogen-bond acceptors (Lipinski definition) is 8. The third-order valence-corrected chi connectivity index (χ3v) is 7.37. The molecular weight excluding hydrogens is 542 g/mol. The van der Waals surface area contributed by atoms with Gasteiger partial charge in [0.05, 0.1) is 28.8 Å². The van der Waals surface area contributed by atoms with E-state index in [0.717, 1.165) is 10.9 Å². The molecule has 5 N–H and O–H groups in total. The van der Waals surface area contributed by atoms with Crippen LogP contribution in [-0.2, 0) is 23.9 Å².